The lowest BCUT2D eigenvalue weighted by Gasteiger charge is -2.04. The van der Waals surface area contributed by atoms with Gasteiger partial charge in [-0.1, -0.05) is 11.6 Å². The van der Waals surface area contributed by atoms with E-state index in [1.54, 1.807) is 0 Å². The first kappa shape index (κ1) is 12.4. The van der Waals surface area contributed by atoms with Crippen LogP contribution >= 0.6 is 0 Å². The normalized spacial score (nSPS) is 10.9. The maximum Gasteiger partial charge on any atom is 0.325 e. The highest BCUT2D eigenvalue weighted by Crippen LogP contribution is 2.27. The molecule has 0 amide bonds. The number of aryl methyl sites for hydroxylation is 1. The van der Waals surface area contributed by atoms with E-state index in [4.69, 9.17) is 0 Å². The molecule has 1 aromatic carbocycles. The van der Waals surface area contributed by atoms with Gasteiger partial charge in [0, 0.05) is 10.9 Å². The van der Waals surface area contributed by atoms with Gasteiger partial charge >= 0.3 is 5.97 Å². The summed E-state index contributed by atoms with van der Waals surface area (Å²) in [6.07, 6.45) is 1.48. The molecule has 0 aliphatic heterocycles. The molecule has 0 bridgehead atoms. The van der Waals surface area contributed by atoms with Crippen molar-refractivity contribution in [2.45, 2.75) is 6.92 Å². The van der Waals surface area contributed by atoms with Crippen molar-refractivity contribution in [1.29, 1.82) is 0 Å². The average molecular weight is 270 g/mol. The number of ether oxygens (including phenoxy) is 1. The lowest BCUT2D eigenvalue weighted by molar-refractivity contribution is -0.138. The molecule has 20 heavy (non-hydrogen) atoms. The second kappa shape index (κ2) is 4.80. The van der Waals surface area contributed by atoms with Gasteiger partial charge in [0.15, 0.2) is 5.82 Å². The van der Waals surface area contributed by atoms with Gasteiger partial charge in [-0.2, -0.15) is 0 Å². The number of methoxy groups -OCH3 is 1. The number of H-pyrrole nitrogens is 1. The molecule has 0 spiro atoms. The van der Waals surface area contributed by atoms with E-state index in [2.05, 4.69) is 31.1 Å². The molecule has 0 fully saturated rings. The number of carbonyl (C=O) groups excluding carboxylic acids is 1. The first-order valence-corrected chi connectivity index (χ1v) is 6.23. The van der Waals surface area contributed by atoms with Gasteiger partial charge in [0.05, 0.1) is 7.11 Å². The van der Waals surface area contributed by atoms with Crippen molar-refractivity contribution in [3.8, 4) is 0 Å². The smallest absolute Gasteiger partial charge is 0.325 e. The van der Waals surface area contributed by atoms with Crippen molar-refractivity contribution in [3.63, 3.8) is 0 Å². The van der Waals surface area contributed by atoms with E-state index in [1.807, 2.05) is 19.1 Å². The molecule has 2 aromatic heterocycles. The van der Waals surface area contributed by atoms with Gasteiger partial charge in [-0.25, -0.2) is 9.97 Å². The number of hydrogen-bond donors (Lipinski definition) is 2. The standard InChI is InChI=1S/C14H14N4O2/c1-8-3-4-10-9(5-8)12-13(18-10)14(17-7-16-12)15-6-11(19)20-2/h3-5,7,18H,6H2,1-2H3,(H,15,16,17). The van der Waals surface area contributed by atoms with E-state index in [0.717, 1.165) is 21.9 Å². The van der Waals surface area contributed by atoms with Gasteiger partial charge in [-0.05, 0) is 19.1 Å². The molecule has 6 heteroatoms. The number of aromatic amines is 1. The lowest BCUT2D eigenvalue weighted by atomic mass is 10.2. The highest BCUT2D eigenvalue weighted by molar-refractivity contribution is 6.08. The predicted molar refractivity (Wildman–Crippen MR) is 76.6 cm³/mol. The summed E-state index contributed by atoms with van der Waals surface area (Å²) < 4.78 is 4.60. The Morgan fingerprint density at radius 2 is 2.25 bits per heavy atom. The number of fused-ring (bicyclic) bond motifs is 3. The average Bonchev–Trinajstić information content (AvgIpc) is 2.83. The first-order chi connectivity index (χ1) is 9.69. The first-order valence-electron chi connectivity index (χ1n) is 6.23. The van der Waals surface area contributed by atoms with Crippen LogP contribution in [0.4, 0.5) is 5.82 Å². The van der Waals surface area contributed by atoms with Gasteiger partial charge in [0.2, 0.25) is 0 Å². The van der Waals surface area contributed by atoms with E-state index >= 15 is 0 Å². The molecular weight excluding hydrogens is 256 g/mol. The minimum atomic E-state index is -0.344. The molecule has 0 aliphatic rings. The number of carbonyl (C=O) groups is 1. The third kappa shape index (κ3) is 2.05. The van der Waals surface area contributed by atoms with Gasteiger partial charge < -0.3 is 15.0 Å². The van der Waals surface area contributed by atoms with E-state index in [0.29, 0.717) is 5.82 Å². The van der Waals surface area contributed by atoms with Crippen LogP contribution in [0.2, 0.25) is 0 Å². The maximum absolute atomic E-state index is 11.2. The van der Waals surface area contributed by atoms with Crippen LogP contribution in [-0.2, 0) is 9.53 Å². The van der Waals surface area contributed by atoms with Gasteiger partial charge in [-0.3, -0.25) is 4.79 Å². The zero-order valence-corrected chi connectivity index (χ0v) is 11.2. The quantitative estimate of drug-likeness (QED) is 0.712. The summed E-state index contributed by atoms with van der Waals surface area (Å²) in [5.41, 5.74) is 3.79. The number of anilines is 1. The molecule has 0 saturated heterocycles. The molecule has 2 heterocycles. The summed E-state index contributed by atoms with van der Waals surface area (Å²) >= 11 is 0. The molecule has 3 rings (SSSR count). The number of esters is 1. The van der Waals surface area contributed by atoms with Crippen molar-refractivity contribution in [1.82, 2.24) is 15.0 Å². The fourth-order valence-corrected chi connectivity index (χ4v) is 2.17. The van der Waals surface area contributed by atoms with Crippen LogP contribution < -0.4 is 5.32 Å². The Bertz CT molecular complexity index is 794. The SMILES string of the molecule is COC(=O)CNc1ncnc2c1[nH]c1ccc(C)cc12. The number of rotatable bonds is 3. The molecule has 0 saturated carbocycles. The zero-order chi connectivity index (χ0) is 14.1. The predicted octanol–water partition coefficient (Wildman–Crippen LogP) is 2.00. The Morgan fingerprint density at radius 3 is 3.05 bits per heavy atom. The molecule has 0 unspecified atom stereocenters. The van der Waals surface area contributed by atoms with Crippen molar-refractivity contribution < 1.29 is 9.53 Å². The summed E-state index contributed by atoms with van der Waals surface area (Å²) in [7, 11) is 1.35. The minimum absolute atomic E-state index is 0.0665. The van der Waals surface area contributed by atoms with Crippen LogP contribution in [0.3, 0.4) is 0 Å². The van der Waals surface area contributed by atoms with Crippen molar-refractivity contribution in [2.75, 3.05) is 19.0 Å². The highest BCUT2D eigenvalue weighted by atomic mass is 16.5. The molecular formula is C14H14N4O2. The topological polar surface area (TPSA) is 79.9 Å². The summed E-state index contributed by atoms with van der Waals surface area (Å²) in [6.45, 7) is 2.10. The minimum Gasteiger partial charge on any atom is -0.468 e. The number of nitrogens with one attached hydrogen (secondary N) is 2. The van der Waals surface area contributed by atoms with E-state index in [1.165, 1.54) is 19.0 Å². The van der Waals surface area contributed by atoms with E-state index < -0.39 is 0 Å². The summed E-state index contributed by atoms with van der Waals surface area (Å²) in [5, 5.41) is 4.00. The number of aromatic nitrogens is 3. The molecule has 102 valence electrons. The third-order valence-electron chi connectivity index (χ3n) is 3.16. The van der Waals surface area contributed by atoms with Crippen molar-refractivity contribution in [2.24, 2.45) is 0 Å². The molecule has 0 atom stereocenters. The molecule has 6 nitrogen and oxygen atoms in total. The van der Waals surface area contributed by atoms with Gasteiger partial charge in [0.1, 0.15) is 23.9 Å². The molecule has 3 aromatic rings. The Hall–Kier alpha value is -2.63. The van der Waals surface area contributed by atoms with Gasteiger partial charge in [0.25, 0.3) is 0 Å². The number of hydrogen-bond acceptors (Lipinski definition) is 5. The van der Waals surface area contributed by atoms with Crippen molar-refractivity contribution in [3.05, 3.63) is 30.1 Å². The summed E-state index contributed by atoms with van der Waals surface area (Å²) in [6, 6.07) is 6.12. The second-order valence-electron chi connectivity index (χ2n) is 4.55. The fourth-order valence-electron chi connectivity index (χ4n) is 2.17. The highest BCUT2D eigenvalue weighted by Gasteiger charge is 2.11. The molecule has 0 aliphatic carbocycles. The summed E-state index contributed by atoms with van der Waals surface area (Å²) in [5.74, 6) is 0.248. The Kier molecular flexibility index (Phi) is 2.98. The fraction of sp³-hybridized carbons (Fsp3) is 0.214. The summed E-state index contributed by atoms with van der Waals surface area (Å²) in [4.78, 5) is 23.0. The number of benzene rings is 1. The molecule has 2 N–H and O–H groups in total. The van der Waals surface area contributed by atoms with Crippen LogP contribution in [0.5, 0.6) is 0 Å². The Morgan fingerprint density at radius 1 is 1.40 bits per heavy atom. The Labute approximate surface area is 115 Å². The van der Waals surface area contributed by atoms with Crippen LogP contribution in [0, 0.1) is 6.92 Å². The zero-order valence-electron chi connectivity index (χ0n) is 11.2. The second-order valence-corrected chi connectivity index (χ2v) is 4.55. The van der Waals surface area contributed by atoms with E-state index in [9.17, 15) is 4.79 Å². The van der Waals surface area contributed by atoms with Gasteiger partial charge in [-0.15, -0.1) is 0 Å². The maximum atomic E-state index is 11.2. The van der Waals surface area contributed by atoms with Crippen molar-refractivity contribution >= 4 is 33.7 Å². The monoisotopic (exact) mass is 270 g/mol. The van der Waals surface area contributed by atoms with E-state index in [-0.39, 0.29) is 12.5 Å². The van der Waals surface area contributed by atoms with Crippen LogP contribution in [0.15, 0.2) is 24.5 Å². The van der Waals surface area contributed by atoms with Crippen LogP contribution in [0.1, 0.15) is 5.56 Å². The largest absolute Gasteiger partial charge is 0.468 e. The Balaban J connectivity index is 2.10. The molecule has 0 radical (unpaired) electrons. The van der Waals surface area contributed by atoms with Crippen LogP contribution in [-0.4, -0.2) is 34.6 Å². The number of nitrogens with zero attached hydrogens (tertiary/aromatic N) is 2. The van der Waals surface area contributed by atoms with Crippen LogP contribution in [0.25, 0.3) is 21.9 Å². The third-order valence-corrected chi connectivity index (χ3v) is 3.16. The lowest BCUT2D eigenvalue weighted by Crippen LogP contribution is -2.15.